The van der Waals surface area contributed by atoms with Crippen molar-refractivity contribution in [2.75, 3.05) is 13.1 Å². The van der Waals surface area contributed by atoms with Gasteiger partial charge in [-0.2, -0.15) is 0 Å². The van der Waals surface area contributed by atoms with E-state index in [4.69, 9.17) is 4.42 Å². The summed E-state index contributed by atoms with van der Waals surface area (Å²) in [4.78, 5) is 8.92. The summed E-state index contributed by atoms with van der Waals surface area (Å²) in [5.41, 5.74) is 3.96. The smallest absolute Gasteiger partial charge is 0.216 e. The molecule has 6 heteroatoms. The number of rotatable bonds is 6. The zero-order valence-electron chi connectivity index (χ0n) is 17.3. The zero-order valence-corrected chi connectivity index (χ0v) is 19.7. The van der Waals surface area contributed by atoms with Crippen molar-refractivity contribution in [1.29, 1.82) is 0 Å². The van der Waals surface area contributed by atoms with Crippen molar-refractivity contribution in [2.45, 2.75) is 59.9 Å². The second kappa shape index (κ2) is 10.7. The van der Waals surface area contributed by atoms with E-state index >= 15 is 0 Å². The SMILES string of the molecule is CCNC(=NCc1ncc(C(C)(C)C)o1)NCCc1ccc(C)cc1C.I. The van der Waals surface area contributed by atoms with Gasteiger partial charge in [-0.05, 0) is 38.3 Å². The molecule has 0 unspecified atom stereocenters. The van der Waals surface area contributed by atoms with Gasteiger partial charge in [0.1, 0.15) is 12.3 Å². The predicted molar refractivity (Wildman–Crippen MR) is 123 cm³/mol. The Morgan fingerprint density at radius 3 is 2.52 bits per heavy atom. The first kappa shape index (κ1) is 23.5. The number of aromatic nitrogens is 1. The van der Waals surface area contributed by atoms with E-state index in [2.05, 4.69) is 80.4 Å². The molecule has 2 aromatic rings. The molecule has 0 atom stereocenters. The van der Waals surface area contributed by atoms with Crippen LogP contribution in [-0.4, -0.2) is 24.0 Å². The molecular weight excluding hydrogens is 451 g/mol. The number of benzene rings is 1. The fraction of sp³-hybridized carbons (Fsp3) is 0.524. The lowest BCUT2D eigenvalue weighted by atomic mass is 9.94. The monoisotopic (exact) mass is 484 g/mol. The molecule has 2 rings (SSSR count). The van der Waals surface area contributed by atoms with E-state index in [0.717, 1.165) is 31.2 Å². The number of hydrogen-bond donors (Lipinski definition) is 2. The maximum absolute atomic E-state index is 5.80. The highest BCUT2D eigenvalue weighted by molar-refractivity contribution is 14.0. The van der Waals surface area contributed by atoms with E-state index in [1.165, 1.54) is 16.7 Å². The summed E-state index contributed by atoms with van der Waals surface area (Å²) in [6.45, 7) is 14.7. The minimum Gasteiger partial charge on any atom is -0.443 e. The second-order valence-electron chi connectivity index (χ2n) is 7.67. The van der Waals surface area contributed by atoms with Crippen molar-refractivity contribution in [3.8, 4) is 0 Å². The number of halogens is 1. The Morgan fingerprint density at radius 1 is 1.19 bits per heavy atom. The molecule has 0 saturated heterocycles. The lowest BCUT2D eigenvalue weighted by molar-refractivity contribution is 0.383. The average molecular weight is 484 g/mol. The normalized spacial score (nSPS) is 11.9. The molecule has 2 N–H and O–H groups in total. The van der Waals surface area contributed by atoms with E-state index in [0.29, 0.717) is 12.4 Å². The molecule has 150 valence electrons. The van der Waals surface area contributed by atoms with Crippen molar-refractivity contribution in [1.82, 2.24) is 15.6 Å². The Balaban J connectivity index is 0.00000364. The van der Waals surface area contributed by atoms with Gasteiger partial charge in [0.2, 0.25) is 5.89 Å². The largest absolute Gasteiger partial charge is 0.443 e. The zero-order chi connectivity index (χ0) is 19.2. The van der Waals surface area contributed by atoms with Crippen LogP contribution in [0, 0.1) is 13.8 Å². The number of guanidine groups is 1. The molecule has 5 nitrogen and oxygen atoms in total. The number of nitrogens with one attached hydrogen (secondary N) is 2. The summed E-state index contributed by atoms with van der Waals surface area (Å²) in [5, 5.41) is 6.66. The van der Waals surface area contributed by atoms with Gasteiger partial charge in [-0.1, -0.05) is 44.5 Å². The van der Waals surface area contributed by atoms with Crippen molar-refractivity contribution < 1.29 is 4.42 Å². The Labute approximate surface area is 180 Å². The van der Waals surface area contributed by atoms with E-state index in [1.807, 2.05) is 0 Å². The summed E-state index contributed by atoms with van der Waals surface area (Å²) in [7, 11) is 0. The maximum Gasteiger partial charge on any atom is 0.216 e. The van der Waals surface area contributed by atoms with Gasteiger partial charge in [0.15, 0.2) is 5.96 Å². The molecule has 0 radical (unpaired) electrons. The minimum absolute atomic E-state index is 0. The third-order valence-corrected chi connectivity index (χ3v) is 4.19. The van der Waals surface area contributed by atoms with Gasteiger partial charge in [-0.3, -0.25) is 0 Å². The maximum atomic E-state index is 5.80. The molecule has 0 saturated carbocycles. The van der Waals surface area contributed by atoms with Crippen LogP contribution in [0.25, 0.3) is 0 Å². The van der Waals surface area contributed by atoms with Crippen molar-refractivity contribution in [3.05, 3.63) is 52.7 Å². The molecule has 1 aromatic carbocycles. The second-order valence-corrected chi connectivity index (χ2v) is 7.67. The van der Waals surface area contributed by atoms with Crippen LogP contribution in [0.5, 0.6) is 0 Å². The first-order valence-corrected chi connectivity index (χ1v) is 9.33. The van der Waals surface area contributed by atoms with Crippen molar-refractivity contribution in [3.63, 3.8) is 0 Å². The number of oxazole rings is 1. The molecule has 27 heavy (non-hydrogen) atoms. The topological polar surface area (TPSA) is 62.5 Å². The summed E-state index contributed by atoms with van der Waals surface area (Å²) in [6.07, 6.45) is 2.76. The highest BCUT2D eigenvalue weighted by Crippen LogP contribution is 2.22. The quantitative estimate of drug-likeness (QED) is 0.360. The summed E-state index contributed by atoms with van der Waals surface area (Å²) < 4.78 is 5.80. The fourth-order valence-corrected chi connectivity index (χ4v) is 2.66. The number of nitrogens with zero attached hydrogens (tertiary/aromatic N) is 2. The molecule has 0 bridgehead atoms. The van der Waals surface area contributed by atoms with Crippen LogP contribution >= 0.6 is 24.0 Å². The van der Waals surface area contributed by atoms with Gasteiger partial charge in [0.05, 0.1) is 6.20 Å². The number of aliphatic imine (C=N–C) groups is 1. The Hall–Kier alpha value is -1.57. The summed E-state index contributed by atoms with van der Waals surface area (Å²) in [5.74, 6) is 2.31. The Bertz CT molecular complexity index is 747. The Morgan fingerprint density at radius 2 is 1.93 bits per heavy atom. The number of aryl methyl sites for hydroxylation is 2. The van der Waals surface area contributed by atoms with Gasteiger partial charge in [-0.15, -0.1) is 24.0 Å². The lowest BCUT2D eigenvalue weighted by Gasteiger charge is -2.13. The molecule has 0 fully saturated rings. The molecule has 1 aromatic heterocycles. The van der Waals surface area contributed by atoms with Gasteiger partial charge < -0.3 is 15.1 Å². The van der Waals surface area contributed by atoms with Gasteiger partial charge in [0.25, 0.3) is 0 Å². The summed E-state index contributed by atoms with van der Waals surface area (Å²) in [6, 6.07) is 6.60. The van der Waals surface area contributed by atoms with E-state index in [9.17, 15) is 0 Å². The van der Waals surface area contributed by atoms with Crippen molar-refractivity contribution >= 4 is 29.9 Å². The lowest BCUT2D eigenvalue weighted by Crippen LogP contribution is -2.38. The molecular formula is C21H33IN4O. The van der Waals surface area contributed by atoms with Crippen LogP contribution in [0.3, 0.4) is 0 Å². The first-order chi connectivity index (χ1) is 12.3. The molecule has 1 heterocycles. The molecule has 0 aliphatic heterocycles. The highest BCUT2D eigenvalue weighted by Gasteiger charge is 2.19. The summed E-state index contributed by atoms with van der Waals surface area (Å²) >= 11 is 0. The number of hydrogen-bond acceptors (Lipinski definition) is 3. The van der Waals surface area contributed by atoms with Crippen LogP contribution in [0.1, 0.15) is 56.0 Å². The van der Waals surface area contributed by atoms with E-state index < -0.39 is 0 Å². The van der Waals surface area contributed by atoms with Crippen LogP contribution in [0.4, 0.5) is 0 Å². The fourth-order valence-electron chi connectivity index (χ4n) is 2.66. The van der Waals surface area contributed by atoms with Gasteiger partial charge in [-0.25, -0.2) is 9.98 Å². The van der Waals surface area contributed by atoms with Gasteiger partial charge >= 0.3 is 0 Å². The molecule has 0 aliphatic carbocycles. The molecule has 0 spiro atoms. The van der Waals surface area contributed by atoms with Crippen molar-refractivity contribution in [2.24, 2.45) is 4.99 Å². The first-order valence-electron chi connectivity index (χ1n) is 9.33. The third kappa shape index (κ3) is 7.52. The van der Waals surface area contributed by atoms with Crippen LogP contribution < -0.4 is 10.6 Å². The third-order valence-electron chi connectivity index (χ3n) is 4.19. The molecule has 0 aliphatic rings. The van der Waals surface area contributed by atoms with Crippen LogP contribution in [-0.2, 0) is 18.4 Å². The average Bonchev–Trinajstić information content (AvgIpc) is 3.04. The highest BCUT2D eigenvalue weighted by atomic mass is 127. The minimum atomic E-state index is -0.0381. The van der Waals surface area contributed by atoms with Crippen LogP contribution in [0.2, 0.25) is 0 Å². The molecule has 0 amide bonds. The van der Waals surface area contributed by atoms with E-state index in [-0.39, 0.29) is 29.4 Å². The van der Waals surface area contributed by atoms with E-state index in [1.54, 1.807) is 6.20 Å². The van der Waals surface area contributed by atoms with Crippen LogP contribution in [0.15, 0.2) is 33.8 Å². The predicted octanol–water partition coefficient (Wildman–Crippen LogP) is 4.50. The Kier molecular flexibility index (Phi) is 9.29. The van der Waals surface area contributed by atoms with Gasteiger partial charge in [0, 0.05) is 18.5 Å². The standard InChI is InChI=1S/C21H32N4O.HI/c1-7-22-20(23-11-10-17-9-8-15(2)12-16(17)3)25-14-19-24-13-18(26-19)21(4,5)6;/h8-9,12-13H,7,10-11,14H2,1-6H3,(H2,22,23,25);1H.